The van der Waals surface area contributed by atoms with Gasteiger partial charge in [0.15, 0.2) is 0 Å². The van der Waals surface area contributed by atoms with Crippen molar-refractivity contribution in [3.8, 4) is 6.07 Å². The van der Waals surface area contributed by atoms with E-state index in [1.807, 2.05) is 6.07 Å². The molecular weight excluding hydrogens is 479 g/mol. The summed E-state index contributed by atoms with van der Waals surface area (Å²) >= 11 is 0. The van der Waals surface area contributed by atoms with Gasteiger partial charge >= 0.3 is 6.09 Å². The molecule has 1 aromatic heterocycles. The molecule has 190 valence electrons. The fraction of sp³-hybridized carbons (Fsp3) is 0.375. The first-order valence-electron chi connectivity index (χ1n) is 10.9. The number of rotatable bonds is 4. The Morgan fingerprint density at radius 2 is 1.97 bits per heavy atom. The first kappa shape index (κ1) is 26.6. The van der Waals surface area contributed by atoms with Gasteiger partial charge in [-0.25, -0.2) is 22.9 Å². The predicted octanol–water partition coefficient (Wildman–Crippen LogP) is 4.02. The maximum absolute atomic E-state index is 14.8. The Hall–Kier alpha value is -3.98. The molecule has 0 bridgehead atoms. The monoisotopic (exact) mass is 503 g/mol. The third-order valence-electron chi connectivity index (χ3n) is 4.94. The normalized spacial score (nSPS) is 18.0. The summed E-state index contributed by atoms with van der Waals surface area (Å²) in [7, 11) is 0. The molecule has 0 radical (unpaired) electrons. The molecule has 0 saturated heterocycles. The number of hydrogen-bond donors (Lipinski definition) is 2. The van der Waals surface area contributed by atoms with Crippen LogP contribution in [0.4, 0.5) is 23.7 Å². The standard InChI is InChI=1S/C24H24F3N5O4/c1-24(2,3)36-23(34)32-19-12-35-11-16(20(31-19)21(26)27)15-8-14(5-6-17(15)25)30-22(33)18-7-4-13(9-28)10-29-18/h4-8,10,16,20-21H,11-12H2,1-3H3,(H,30,33)(H,31,32,34)/t16?,20-/m0/s1. The van der Waals surface area contributed by atoms with Gasteiger partial charge in [-0.1, -0.05) is 0 Å². The van der Waals surface area contributed by atoms with E-state index >= 15 is 0 Å². The highest BCUT2D eigenvalue weighted by atomic mass is 19.3. The number of nitrogens with one attached hydrogen (secondary N) is 2. The summed E-state index contributed by atoms with van der Waals surface area (Å²) in [5.74, 6) is -2.81. The highest BCUT2D eigenvalue weighted by molar-refractivity contribution is 6.03. The molecule has 36 heavy (non-hydrogen) atoms. The van der Waals surface area contributed by atoms with E-state index in [9.17, 15) is 22.8 Å². The van der Waals surface area contributed by atoms with Crippen molar-refractivity contribution in [3.05, 3.63) is 59.2 Å². The Bertz CT molecular complexity index is 1190. The molecule has 0 aliphatic carbocycles. The summed E-state index contributed by atoms with van der Waals surface area (Å²) in [6.45, 7) is 4.32. The van der Waals surface area contributed by atoms with Crippen LogP contribution in [-0.4, -0.2) is 54.1 Å². The molecule has 1 aromatic carbocycles. The van der Waals surface area contributed by atoms with Crippen LogP contribution in [0, 0.1) is 17.1 Å². The Morgan fingerprint density at radius 1 is 1.22 bits per heavy atom. The average molecular weight is 503 g/mol. The fourth-order valence-electron chi connectivity index (χ4n) is 3.38. The highest BCUT2D eigenvalue weighted by Gasteiger charge is 2.35. The summed E-state index contributed by atoms with van der Waals surface area (Å²) in [4.78, 5) is 32.4. The highest BCUT2D eigenvalue weighted by Crippen LogP contribution is 2.32. The number of carbonyl (C=O) groups excluding carboxylic acids is 2. The molecule has 9 nitrogen and oxygen atoms in total. The van der Waals surface area contributed by atoms with Gasteiger partial charge in [-0.3, -0.25) is 15.1 Å². The lowest BCUT2D eigenvalue weighted by Gasteiger charge is -2.23. The largest absolute Gasteiger partial charge is 0.444 e. The number of aromatic nitrogens is 1. The molecule has 1 aliphatic heterocycles. The molecule has 2 heterocycles. The zero-order chi connectivity index (χ0) is 26.5. The number of nitriles is 1. The van der Waals surface area contributed by atoms with Gasteiger partial charge in [0.25, 0.3) is 12.3 Å². The van der Waals surface area contributed by atoms with E-state index in [0.717, 1.165) is 6.07 Å². The van der Waals surface area contributed by atoms with E-state index in [-0.39, 0.29) is 41.6 Å². The van der Waals surface area contributed by atoms with Crippen molar-refractivity contribution in [3.63, 3.8) is 0 Å². The van der Waals surface area contributed by atoms with Crippen molar-refractivity contribution in [2.75, 3.05) is 18.5 Å². The van der Waals surface area contributed by atoms with Crippen LogP contribution in [0.3, 0.4) is 0 Å². The number of aliphatic imine (C=N–C) groups is 1. The molecule has 2 N–H and O–H groups in total. The number of pyridine rings is 1. The number of amides is 2. The third-order valence-corrected chi connectivity index (χ3v) is 4.94. The Morgan fingerprint density at radius 3 is 2.58 bits per heavy atom. The van der Waals surface area contributed by atoms with Gasteiger partial charge in [0.2, 0.25) is 0 Å². The molecular formula is C24H24F3N5O4. The van der Waals surface area contributed by atoms with Crippen LogP contribution >= 0.6 is 0 Å². The molecule has 0 saturated carbocycles. The molecule has 1 unspecified atom stereocenters. The summed E-state index contributed by atoms with van der Waals surface area (Å²) in [5.41, 5.74) is -0.555. The van der Waals surface area contributed by atoms with Crippen LogP contribution in [0.5, 0.6) is 0 Å². The van der Waals surface area contributed by atoms with Crippen LogP contribution < -0.4 is 10.6 Å². The minimum absolute atomic E-state index is 0.00518. The zero-order valence-electron chi connectivity index (χ0n) is 19.7. The summed E-state index contributed by atoms with van der Waals surface area (Å²) in [5, 5.41) is 13.7. The number of alkyl carbamates (subject to hydrolysis) is 1. The van der Waals surface area contributed by atoms with E-state index in [1.165, 1.54) is 30.5 Å². The van der Waals surface area contributed by atoms with Gasteiger partial charge in [0.05, 0.1) is 12.2 Å². The van der Waals surface area contributed by atoms with E-state index in [2.05, 4.69) is 20.6 Å². The van der Waals surface area contributed by atoms with Gasteiger partial charge in [0, 0.05) is 17.8 Å². The van der Waals surface area contributed by atoms with Crippen LogP contribution in [0.2, 0.25) is 0 Å². The van der Waals surface area contributed by atoms with Gasteiger partial charge < -0.3 is 14.8 Å². The number of carbonyl (C=O) groups is 2. The maximum Gasteiger partial charge on any atom is 0.413 e. The summed E-state index contributed by atoms with van der Waals surface area (Å²) in [6.07, 6.45) is -2.67. The van der Waals surface area contributed by atoms with Crippen molar-refractivity contribution in [2.45, 2.75) is 44.8 Å². The Balaban J connectivity index is 1.83. The van der Waals surface area contributed by atoms with Gasteiger partial charge in [-0.2, -0.15) is 5.26 Å². The van der Waals surface area contributed by atoms with Crippen molar-refractivity contribution >= 4 is 23.5 Å². The quantitative estimate of drug-likeness (QED) is 0.649. The minimum Gasteiger partial charge on any atom is -0.444 e. The molecule has 0 fully saturated rings. The van der Waals surface area contributed by atoms with Crippen LogP contribution in [-0.2, 0) is 9.47 Å². The molecule has 2 aromatic rings. The van der Waals surface area contributed by atoms with Gasteiger partial charge in [0.1, 0.15) is 41.7 Å². The third kappa shape index (κ3) is 7.02. The second-order valence-corrected chi connectivity index (χ2v) is 8.88. The molecule has 3 rings (SSSR count). The van der Waals surface area contributed by atoms with Crippen LogP contribution in [0.25, 0.3) is 0 Å². The molecule has 2 amide bonds. The zero-order valence-corrected chi connectivity index (χ0v) is 19.7. The lowest BCUT2D eigenvalue weighted by molar-refractivity contribution is 0.0557. The Labute approximate surface area is 205 Å². The number of halogens is 3. The predicted molar refractivity (Wildman–Crippen MR) is 123 cm³/mol. The van der Waals surface area contributed by atoms with Crippen LogP contribution in [0.15, 0.2) is 41.5 Å². The molecule has 2 atom stereocenters. The molecule has 1 aliphatic rings. The SMILES string of the molecule is CC(C)(C)OC(=O)NC1=N[C@H](C(F)F)C(c2cc(NC(=O)c3ccc(C#N)cn3)ccc2F)COC1. The van der Waals surface area contributed by atoms with Gasteiger partial charge in [-0.05, 0) is 56.7 Å². The molecule has 0 spiro atoms. The number of benzene rings is 1. The summed E-state index contributed by atoms with van der Waals surface area (Å²) in [6, 6.07) is 6.44. The maximum atomic E-state index is 14.8. The average Bonchev–Trinajstić information content (AvgIpc) is 3.01. The van der Waals surface area contributed by atoms with Crippen molar-refractivity contribution in [2.24, 2.45) is 4.99 Å². The lowest BCUT2D eigenvalue weighted by atomic mass is 9.91. The first-order valence-corrected chi connectivity index (χ1v) is 10.9. The number of amidine groups is 1. The second-order valence-electron chi connectivity index (χ2n) is 8.88. The van der Waals surface area contributed by atoms with Crippen molar-refractivity contribution in [1.29, 1.82) is 5.26 Å². The Kier molecular flexibility index (Phi) is 8.26. The smallest absolute Gasteiger partial charge is 0.413 e. The fourth-order valence-corrected chi connectivity index (χ4v) is 3.38. The van der Waals surface area contributed by atoms with E-state index in [0.29, 0.717) is 0 Å². The van der Waals surface area contributed by atoms with Crippen molar-refractivity contribution < 1.29 is 32.2 Å². The number of nitrogens with zero attached hydrogens (tertiary/aromatic N) is 3. The number of hydrogen-bond acceptors (Lipinski definition) is 7. The molecule has 12 heteroatoms. The first-order chi connectivity index (χ1) is 17.0. The second kappa shape index (κ2) is 11.2. The topological polar surface area (TPSA) is 126 Å². The van der Waals surface area contributed by atoms with E-state index < -0.39 is 41.8 Å². The van der Waals surface area contributed by atoms with Gasteiger partial charge in [-0.15, -0.1) is 0 Å². The van der Waals surface area contributed by atoms with E-state index in [4.69, 9.17) is 14.7 Å². The number of alkyl halides is 2. The number of ether oxygens (including phenoxy) is 2. The van der Waals surface area contributed by atoms with Crippen molar-refractivity contribution in [1.82, 2.24) is 10.3 Å². The summed E-state index contributed by atoms with van der Waals surface area (Å²) < 4.78 is 53.3. The van der Waals surface area contributed by atoms with Crippen LogP contribution in [0.1, 0.15) is 48.3 Å². The number of anilines is 1. The minimum atomic E-state index is -3.01. The lowest BCUT2D eigenvalue weighted by Crippen LogP contribution is -2.38. The van der Waals surface area contributed by atoms with E-state index in [1.54, 1.807) is 20.8 Å².